The Balaban J connectivity index is 1.17. The van der Waals surface area contributed by atoms with E-state index in [9.17, 15) is 13.8 Å². The lowest BCUT2D eigenvalue weighted by molar-refractivity contribution is -0.129. The second-order valence-electron chi connectivity index (χ2n) is 15.0. The molecule has 5 aliphatic carbocycles. The van der Waals surface area contributed by atoms with Gasteiger partial charge >= 0.3 is 0 Å². The molecule has 3 spiro atoms. The number of amides is 2. The first-order chi connectivity index (χ1) is 22.6. The highest BCUT2D eigenvalue weighted by Crippen LogP contribution is 3.05. The van der Waals surface area contributed by atoms with Crippen molar-refractivity contribution in [3.05, 3.63) is 70.3 Å². The van der Waals surface area contributed by atoms with Crippen molar-refractivity contribution < 1.29 is 23.3 Å². The van der Waals surface area contributed by atoms with Crippen molar-refractivity contribution >= 4 is 39.0 Å². The number of hydrogen-bond donors (Lipinski definition) is 1. The zero-order chi connectivity index (χ0) is 32.5. The summed E-state index contributed by atoms with van der Waals surface area (Å²) < 4.78 is 32.7. The van der Waals surface area contributed by atoms with Crippen LogP contribution in [0.2, 0.25) is 5.02 Å². The van der Waals surface area contributed by atoms with Crippen molar-refractivity contribution in [2.75, 3.05) is 31.7 Å². The number of benzene rings is 2. The monoisotopic (exact) mass is 676 g/mol. The summed E-state index contributed by atoms with van der Waals surface area (Å²) in [5.74, 6) is 1.00. The summed E-state index contributed by atoms with van der Waals surface area (Å²) in [7, 11) is -1.55. The minimum Gasteiger partial charge on any atom is -0.490 e. The molecule has 3 heterocycles. The quantitative estimate of drug-likeness (QED) is 0.410. The van der Waals surface area contributed by atoms with Crippen molar-refractivity contribution in [2.45, 2.75) is 69.3 Å². The minimum atomic E-state index is -3.36. The predicted molar refractivity (Wildman–Crippen MR) is 179 cm³/mol. The molecule has 10 rings (SSSR count). The van der Waals surface area contributed by atoms with E-state index in [4.69, 9.17) is 21.1 Å². The Morgan fingerprint density at radius 1 is 1.23 bits per heavy atom. The average Bonchev–Trinajstić information content (AvgIpc) is 3.84. The molecule has 4 saturated carbocycles. The largest absolute Gasteiger partial charge is 0.490 e. The molecule has 0 radical (unpaired) electrons. The number of methoxy groups -OCH3 is 1. The van der Waals surface area contributed by atoms with Gasteiger partial charge in [0.2, 0.25) is 5.91 Å². The number of halogens is 1. The highest BCUT2D eigenvalue weighted by atomic mass is 35.5. The Bertz CT molecular complexity index is 1890. The van der Waals surface area contributed by atoms with E-state index in [-0.39, 0.29) is 40.6 Å². The van der Waals surface area contributed by atoms with E-state index >= 15 is 0 Å². The standard InChI is InChI=1S/C36H41ClN4O5S/c1-4-30(42)41-38-33-21(2)7-5-9-29(45-3)36-26-17-35(36,31(26)36)19-40-18-34(14-6-8-22-15-24(37)11-12-25(22)34)20-46-28-13-10-23(16-27(28)40)32(43)39-47(33,41)44/h5,9-13,15-16,21,26,29,31,33,38H,4,6-8,14,17-20H2,1-3H3/b9-5+/t21-,26-,29-,31?,33-,34-,35+,36-,47+/m0/s1. The van der Waals surface area contributed by atoms with Gasteiger partial charge < -0.3 is 14.4 Å². The van der Waals surface area contributed by atoms with Gasteiger partial charge in [-0.1, -0.05) is 43.7 Å². The molecule has 9 nitrogen and oxygen atoms in total. The number of allylic oxidation sites excluding steroid dienone is 1. The van der Waals surface area contributed by atoms with Crippen molar-refractivity contribution in [2.24, 2.45) is 32.9 Å². The van der Waals surface area contributed by atoms with E-state index in [0.717, 1.165) is 53.2 Å². The SMILES string of the molecule is CCC(=O)N1N[C@@H]2[C@@H](C)C/C=C/[C@H](OC)[C@]34C5[C@@H]3C[C@@]54CN3C[C@@]4(CCCc5cc(Cl)ccc54)COc4ccc(cc43)C(=O)N=[S@]21=O. The topological polar surface area (TPSA) is 101 Å². The Morgan fingerprint density at radius 2 is 2.09 bits per heavy atom. The molecule has 4 bridgehead atoms. The molecule has 9 atom stereocenters. The van der Waals surface area contributed by atoms with Gasteiger partial charge in [-0.05, 0) is 91.3 Å². The molecule has 2 aromatic carbocycles. The fourth-order valence-electron chi connectivity index (χ4n) is 10.4. The van der Waals surface area contributed by atoms with Gasteiger partial charge in [-0.25, -0.2) is 4.21 Å². The third-order valence-corrected chi connectivity index (χ3v) is 15.5. The molecule has 2 aromatic rings. The summed E-state index contributed by atoms with van der Waals surface area (Å²) in [5.41, 5.74) is 6.95. The second kappa shape index (κ2) is 10.1. The highest BCUT2D eigenvalue weighted by Gasteiger charge is 3.05. The van der Waals surface area contributed by atoms with Crippen LogP contribution in [0.15, 0.2) is 52.9 Å². The fourth-order valence-corrected chi connectivity index (χ4v) is 12.9. The number of nitrogens with one attached hydrogen (secondary N) is 1. The first-order valence-corrected chi connectivity index (χ1v) is 18.9. The van der Waals surface area contributed by atoms with Crippen LogP contribution < -0.4 is 15.1 Å². The van der Waals surface area contributed by atoms with Gasteiger partial charge in [-0.15, -0.1) is 4.36 Å². The first-order valence-electron chi connectivity index (χ1n) is 17.0. The van der Waals surface area contributed by atoms with Crippen LogP contribution >= 0.6 is 11.6 Å². The van der Waals surface area contributed by atoms with E-state index in [1.807, 2.05) is 32.2 Å². The van der Waals surface area contributed by atoms with Crippen molar-refractivity contribution in [3.63, 3.8) is 0 Å². The summed E-state index contributed by atoms with van der Waals surface area (Å²) in [4.78, 5) is 29.1. The predicted octanol–water partition coefficient (Wildman–Crippen LogP) is 5.67. The maximum atomic E-state index is 14.4. The van der Waals surface area contributed by atoms with Crippen LogP contribution in [-0.2, 0) is 31.3 Å². The van der Waals surface area contributed by atoms with Gasteiger partial charge in [-0.2, -0.15) is 9.84 Å². The number of aryl methyl sites for hydroxylation is 1. The third-order valence-electron chi connectivity index (χ3n) is 12.8. The number of hydrogen-bond acceptors (Lipinski definition) is 7. The number of carbonyl (C=O) groups is 2. The number of fused-ring (bicyclic) bond motifs is 4. The molecular formula is C36H41ClN4O5S. The van der Waals surface area contributed by atoms with Crippen LogP contribution in [0, 0.1) is 28.6 Å². The number of nitrogens with zero attached hydrogens (tertiary/aromatic N) is 3. The van der Waals surface area contributed by atoms with Gasteiger partial charge in [0.25, 0.3) is 5.91 Å². The minimum absolute atomic E-state index is 0.00929. The van der Waals surface area contributed by atoms with Crippen molar-refractivity contribution in [3.8, 4) is 5.75 Å². The van der Waals surface area contributed by atoms with E-state index in [1.165, 1.54) is 17.5 Å². The number of rotatable bonds is 2. The van der Waals surface area contributed by atoms with Crippen LogP contribution in [0.3, 0.4) is 0 Å². The number of hydrazine groups is 1. The van der Waals surface area contributed by atoms with Crippen molar-refractivity contribution in [1.29, 1.82) is 0 Å². The molecule has 2 amide bonds. The van der Waals surface area contributed by atoms with Gasteiger partial charge in [0.05, 0.1) is 18.4 Å². The van der Waals surface area contributed by atoms with Crippen molar-refractivity contribution in [1.82, 2.24) is 9.84 Å². The lowest BCUT2D eigenvalue weighted by Crippen LogP contribution is -2.69. The number of carbonyl (C=O) groups excluding carboxylic acids is 2. The molecule has 1 N–H and O–H groups in total. The molecule has 1 unspecified atom stereocenters. The maximum absolute atomic E-state index is 14.4. The van der Waals surface area contributed by atoms with E-state index in [2.05, 4.69) is 39.0 Å². The smallest absolute Gasteiger partial charge is 0.286 e. The zero-order valence-electron chi connectivity index (χ0n) is 27.0. The summed E-state index contributed by atoms with van der Waals surface area (Å²) in [5, 5.41) is 0.123. The summed E-state index contributed by atoms with van der Waals surface area (Å²) in [6, 6.07) is 11.7. The van der Waals surface area contributed by atoms with Crippen LogP contribution in [0.25, 0.3) is 0 Å². The van der Waals surface area contributed by atoms with Crippen LogP contribution in [0.1, 0.15) is 67.4 Å². The second-order valence-corrected chi connectivity index (χ2v) is 17.5. The molecule has 11 heteroatoms. The van der Waals surface area contributed by atoms with Gasteiger partial charge in [-0.3, -0.25) is 9.59 Å². The third kappa shape index (κ3) is 3.87. The van der Waals surface area contributed by atoms with Crippen LogP contribution in [-0.4, -0.2) is 58.7 Å². The van der Waals surface area contributed by atoms with Crippen LogP contribution in [0.5, 0.6) is 5.75 Å². The molecule has 5 fully saturated rings. The van der Waals surface area contributed by atoms with Gasteiger partial charge in [0, 0.05) is 53.5 Å². The summed E-state index contributed by atoms with van der Waals surface area (Å²) in [6.45, 7) is 5.84. The molecule has 8 aliphatic rings. The molecular weight excluding hydrogens is 636 g/mol. The molecule has 0 aromatic heterocycles. The van der Waals surface area contributed by atoms with E-state index in [0.29, 0.717) is 30.4 Å². The average molecular weight is 677 g/mol. The Labute approximate surface area is 281 Å². The molecule has 3 aliphatic heterocycles. The Kier molecular flexibility index (Phi) is 6.46. The highest BCUT2D eigenvalue weighted by molar-refractivity contribution is 7.93. The van der Waals surface area contributed by atoms with Gasteiger partial charge in [0.1, 0.15) is 11.1 Å². The lowest BCUT2D eigenvalue weighted by Gasteiger charge is -2.50. The normalized spacial score (nSPS) is 41.4. The number of ether oxygens (including phenoxy) is 2. The number of anilines is 1. The Hall–Kier alpha value is -2.92. The first kappa shape index (κ1) is 30.2. The fraction of sp³-hybridized carbons (Fsp3) is 0.556. The molecule has 47 heavy (non-hydrogen) atoms. The van der Waals surface area contributed by atoms with E-state index < -0.39 is 21.2 Å². The molecule has 248 valence electrons. The summed E-state index contributed by atoms with van der Waals surface area (Å²) >= 11 is 6.46. The van der Waals surface area contributed by atoms with Crippen LogP contribution in [0.4, 0.5) is 5.69 Å². The maximum Gasteiger partial charge on any atom is 0.286 e. The Morgan fingerprint density at radius 3 is 2.85 bits per heavy atom. The zero-order valence-corrected chi connectivity index (χ0v) is 28.6. The summed E-state index contributed by atoms with van der Waals surface area (Å²) in [6.07, 6.45) is 9.35. The van der Waals surface area contributed by atoms with E-state index in [1.54, 1.807) is 13.0 Å². The lowest BCUT2D eigenvalue weighted by atomic mass is 9.60. The van der Waals surface area contributed by atoms with Gasteiger partial charge in [0.15, 0.2) is 9.92 Å². The molecule has 1 saturated heterocycles.